The van der Waals surface area contributed by atoms with E-state index in [0.29, 0.717) is 13.2 Å². The second-order valence-corrected chi connectivity index (χ2v) is 4.14. The van der Waals surface area contributed by atoms with Crippen molar-refractivity contribution < 1.29 is 14.3 Å². The van der Waals surface area contributed by atoms with Gasteiger partial charge >= 0.3 is 5.97 Å². The number of ether oxygens (including phenoxy) is 2. The van der Waals surface area contributed by atoms with Gasteiger partial charge in [-0.3, -0.25) is 4.79 Å². The average molecular weight is 230 g/mol. The maximum atomic E-state index is 11.2. The Kier molecular flexibility index (Phi) is 10.5. The van der Waals surface area contributed by atoms with Crippen LogP contribution in [0.2, 0.25) is 0 Å². The highest BCUT2D eigenvalue weighted by Crippen LogP contribution is 2.04. The first-order chi connectivity index (χ1) is 7.72. The van der Waals surface area contributed by atoms with Crippen LogP contribution in [0, 0.1) is 5.92 Å². The number of carbonyl (C=O) groups excluding carboxylic acids is 1. The molecule has 0 fully saturated rings. The van der Waals surface area contributed by atoms with Gasteiger partial charge in [0.25, 0.3) is 0 Å². The Bertz CT molecular complexity index is 169. The van der Waals surface area contributed by atoms with Crippen LogP contribution in [0.3, 0.4) is 0 Å². The van der Waals surface area contributed by atoms with Crippen LogP contribution in [0.4, 0.5) is 0 Å². The molecule has 0 N–H and O–H groups in total. The lowest BCUT2D eigenvalue weighted by molar-refractivity contribution is -0.149. The third-order valence-electron chi connectivity index (χ3n) is 2.45. The number of esters is 1. The highest BCUT2D eigenvalue weighted by molar-refractivity contribution is 5.72. The molecule has 0 aliphatic heterocycles. The summed E-state index contributed by atoms with van der Waals surface area (Å²) in [6.45, 7) is 7.55. The van der Waals surface area contributed by atoms with Gasteiger partial charge in [-0.1, -0.05) is 32.6 Å². The van der Waals surface area contributed by atoms with Gasteiger partial charge < -0.3 is 9.47 Å². The number of hydrogen-bond acceptors (Lipinski definition) is 3. The quantitative estimate of drug-likeness (QED) is 0.427. The van der Waals surface area contributed by atoms with E-state index in [2.05, 4.69) is 6.92 Å². The maximum Gasteiger partial charge on any atom is 0.310 e. The molecule has 0 aromatic heterocycles. The summed E-state index contributed by atoms with van der Waals surface area (Å²) in [5.74, 6) is -0.302. The van der Waals surface area contributed by atoms with Gasteiger partial charge in [-0.2, -0.15) is 0 Å². The van der Waals surface area contributed by atoms with E-state index in [1.165, 1.54) is 25.7 Å². The van der Waals surface area contributed by atoms with Crippen molar-refractivity contribution in [3.8, 4) is 0 Å². The van der Waals surface area contributed by atoms with E-state index in [-0.39, 0.29) is 11.9 Å². The molecule has 0 saturated heterocycles. The fraction of sp³-hybridized carbons (Fsp3) is 0.923. The summed E-state index contributed by atoms with van der Waals surface area (Å²) < 4.78 is 10.3. The Morgan fingerprint density at radius 2 is 1.81 bits per heavy atom. The number of carbonyl (C=O) groups is 1. The van der Waals surface area contributed by atoms with Crippen molar-refractivity contribution in [2.24, 2.45) is 5.92 Å². The van der Waals surface area contributed by atoms with E-state index in [9.17, 15) is 4.79 Å². The highest BCUT2D eigenvalue weighted by atomic mass is 16.5. The van der Waals surface area contributed by atoms with Crippen LogP contribution in [0.25, 0.3) is 0 Å². The fourth-order valence-electron chi connectivity index (χ4n) is 1.42. The van der Waals surface area contributed by atoms with E-state index in [0.717, 1.165) is 13.0 Å². The minimum atomic E-state index is -0.159. The molecule has 1 unspecified atom stereocenters. The summed E-state index contributed by atoms with van der Waals surface area (Å²) >= 11 is 0. The summed E-state index contributed by atoms with van der Waals surface area (Å²) in [7, 11) is 0. The molecule has 0 radical (unpaired) electrons. The molecule has 0 aromatic rings. The minimum absolute atomic E-state index is 0.143. The van der Waals surface area contributed by atoms with E-state index < -0.39 is 0 Å². The smallest absolute Gasteiger partial charge is 0.310 e. The molecular weight excluding hydrogens is 204 g/mol. The monoisotopic (exact) mass is 230 g/mol. The number of unbranched alkanes of at least 4 members (excludes halogenated alkanes) is 4. The van der Waals surface area contributed by atoms with Crippen LogP contribution in [-0.2, 0) is 14.3 Å². The molecule has 0 aromatic carbocycles. The van der Waals surface area contributed by atoms with Gasteiger partial charge in [0, 0.05) is 6.61 Å². The van der Waals surface area contributed by atoms with Crippen molar-refractivity contribution in [2.75, 3.05) is 19.8 Å². The lowest BCUT2D eigenvalue weighted by Gasteiger charge is -2.10. The molecule has 0 spiro atoms. The normalized spacial score (nSPS) is 12.4. The molecule has 96 valence electrons. The first-order valence-corrected chi connectivity index (χ1v) is 6.46. The van der Waals surface area contributed by atoms with Crippen LogP contribution >= 0.6 is 0 Å². The van der Waals surface area contributed by atoms with Gasteiger partial charge in [0.2, 0.25) is 0 Å². The van der Waals surface area contributed by atoms with Crippen molar-refractivity contribution in [3.05, 3.63) is 0 Å². The Morgan fingerprint density at radius 1 is 1.12 bits per heavy atom. The zero-order chi connectivity index (χ0) is 12.2. The lowest BCUT2D eigenvalue weighted by atomic mass is 10.2. The van der Waals surface area contributed by atoms with E-state index in [1.54, 1.807) is 0 Å². The van der Waals surface area contributed by atoms with Crippen LogP contribution in [-0.4, -0.2) is 25.8 Å². The van der Waals surface area contributed by atoms with Crippen molar-refractivity contribution in [2.45, 2.75) is 52.9 Å². The SMILES string of the molecule is CCCCCCCOCC(C)C(=O)OCC. The second-order valence-electron chi connectivity index (χ2n) is 4.14. The molecule has 0 heterocycles. The molecule has 0 rings (SSSR count). The predicted octanol–water partition coefficient (Wildman–Crippen LogP) is 3.17. The van der Waals surface area contributed by atoms with Crippen LogP contribution in [0.15, 0.2) is 0 Å². The maximum absolute atomic E-state index is 11.2. The van der Waals surface area contributed by atoms with Gasteiger partial charge in [-0.05, 0) is 20.3 Å². The van der Waals surface area contributed by atoms with E-state index in [4.69, 9.17) is 9.47 Å². The molecule has 3 heteroatoms. The second kappa shape index (κ2) is 10.9. The Balaban J connectivity index is 3.27. The zero-order valence-electron chi connectivity index (χ0n) is 11.0. The van der Waals surface area contributed by atoms with Crippen molar-refractivity contribution >= 4 is 5.97 Å². The molecule has 0 aliphatic rings. The standard InChI is InChI=1S/C13H26O3/c1-4-6-7-8-9-10-15-11-12(3)13(14)16-5-2/h12H,4-11H2,1-3H3. The van der Waals surface area contributed by atoms with Crippen LogP contribution in [0.5, 0.6) is 0 Å². The van der Waals surface area contributed by atoms with Crippen LogP contribution in [0.1, 0.15) is 52.9 Å². The Labute approximate surface area is 99.5 Å². The fourth-order valence-corrected chi connectivity index (χ4v) is 1.42. The summed E-state index contributed by atoms with van der Waals surface area (Å²) in [5, 5.41) is 0. The average Bonchev–Trinajstić information content (AvgIpc) is 2.28. The van der Waals surface area contributed by atoms with Gasteiger partial charge in [-0.15, -0.1) is 0 Å². The van der Waals surface area contributed by atoms with Crippen molar-refractivity contribution in [1.29, 1.82) is 0 Å². The third kappa shape index (κ3) is 8.72. The molecule has 3 nitrogen and oxygen atoms in total. The largest absolute Gasteiger partial charge is 0.466 e. The summed E-state index contributed by atoms with van der Waals surface area (Å²) in [6, 6.07) is 0. The van der Waals surface area contributed by atoms with Crippen LogP contribution < -0.4 is 0 Å². The van der Waals surface area contributed by atoms with Gasteiger partial charge in [0.1, 0.15) is 0 Å². The summed E-state index contributed by atoms with van der Waals surface area (Å²) in [5.41, 5.74) is 0. The van der Waals surface area contributed by atoms with Gasteiger partial charge in [0.15, 0.2) is 0 Å². The lowest BCUT2D eigenvalue weighted by Crippen LogP contribution is -2.20. The molecular formula is C13H26O3. The topological polar surface area (TPSA) is 35.5 Å². The van der Waals surface area contributed by atoms with Crippen molar-refractivity contribution in [3.63, 3.8) is 0 Å². The van der Waals surface area contributed by atoms with Crippen molar-refractivity contribution in [1.82, 2.24) is 0 Å². The number of hydrogen-bond donors (Lipinski definition) is 0. The minimum Gasteiger partial charge on any atom is -0.466 e. The Hall–Kier alpha value is -0.570. The van der Waals surface area contributed by atoms with Gasteiger partial charge in [-0.25, -0.2) is 0 Å². The molecule has 0 saturated carbocycles. The first-order valence-electron chi connectivity index (χ1n) is 6.46. The molecule has 1 atom stereocenters. The summed E-state index contributed by atoms with van der Waals surface area (Å²) in [6.07, 6.45) is 6.17. The predicted molar refractivity (Wildman–Crippen MR) is 65.4 cm³/mol. The molecule has 0 amide bonds. The highest BCUT2D eigenvalue weighted by Gasteiger charge is 2.13. The molecule has 16 heavy (non-hydrogen) atoms. The Morgan fingerprint density at radius 3 is 2.44 bits per heavy atom. The zero-order valence-corrected chi connectivity index (χ0v) is 11.0. The summed E-state index contributed by atoms with van der Waals surface area (Å²) in [4.78, 5) is 11.2. The number of rotatable bonds is 10. The first kappa shape index (κ1) is 15.4. The van der Waals surface area contributed by atoms with Gasteiger partial charge in [0.05, 0.1) is 19.1 Å². The third-order valence-corrected chi connectivity index (χ3v) is 2.45. The molecule has 0 bridgehead atoms. The molecule has 0 aliphatic carbocycles. The van der Waals surface area contributed by atoms with E-state index >= 15 is 0 Å². The van der Waals surface area contributed by atoms with E-state index in [1.807, 2.05) is 13.8 Å².